The Morgan fingerprint density at radius 2 is 2.13 bits per heavy atom. The molecule has 1 atom stereocenters. The maximum Gasteiger partial charge on any atom is 0.337 e. The minimum absolute atomic E-state index is 0.343. The van der Waals surface area contributed by atoms with Crippen molar-refractivity contribution in [2.24, 2.45) is 4.99 Å². The lowest BCUT2D eigenvalue weighted by Gasteiger charge is -2.22. The van der Waals surface area contributed by atoms with Crippen LogP contribution in [0.1, 0.15) is 18.9 Å². The van der Waals surface area contributed by atoms with Gasteiger partial charge in [0.25, 0.3) is 0 Å². The molecule has 4 heteroatoms. The molecule has 0 amide bonds. The monoisotopic (exact) mass is 221 g/mol. The van der Waals surface area contributed by atoms with Crippen molar-refractivity contribution in [2.45, 2.75) is 18.9 Å². The molecule has 15 heavy (non-hydrogen) atoms. The van der Waals surface area contributed by atoms with E-state index in [-0.39, 0.29) is 0 Å². The predicted octanol–water partition coefficient (Wildman–Crippen LogP) is 2.48. The summed E-state index contributed by atoms with van der Waals surface area (Å²) in [4.78, 5) is 15.1. The fourth-order valence-corrected chi connectivity index (χ4v) is 1.62. The van der Waals surface area contributed by atoms with Crippen LogP contribution in [0.5, 0.6) is 0 Å². The molecule has 0 aromatic heterocycles. The molecule has 0 aliphatic carbocycles. The Labute approximate surface area is 93.5 Å². The van der Waals surface area contributed by atoms with E-state index in [2.05, 4.69) is 22.4 Å². The molecule has 1 aromatic rings. The van der Waals surface area contributed by atoms with Crippen LogP contribution in [0.2, 0.25) is 0 Å². The highest BCUT2D eigenvalue weighted by atomic mass is 32.1. The number of carboxylic acids is 1. The molecule has 0 fully saturated rings. The zero-order chi connectivity index (χ0) is 11.3. The first kappa shape index (κ1) is 11.6. The summed E-state index contributed by atoms with van der Waals surface area (Å²) in [7, 11) is 0. The van der Waals surface area contributed by atoms with E-state index in [4.69, 9.17) is 0 Å². The van der Waals surface area contributed by atoms with Gasteiger partial charge in [-0.15, -0.1) is 0 Å². The van der Waals surface area contributed by atoms with E-state index in [1.807, 2.05) is 6.07 Å². The van der Waals surface area contributed by atoms with Gasteiger partial charge in [0.15, 0.2) is 5.54 Å². The first-order valence-electron chi connectivity index (χ1n) is 4.55. The largest absolute Gasteiger partial charge is 0.479 e. The molecule has 1 N–H and O–H groups in total. The average molecular weight is 221 g/mol. The van der Waals surface area contributed by atoms with Crippen LogP contribution in [-0.2, 0) is 10.3 Å². The van der Waals surface area contributed by atoms with Gasteiger partial charge in [0.1, 0.15) is 0 Å². The van der Waals surface area contributed by atoms with Crippen LogP contribution in [0.4, 0.5) is 0 Å². The molecule has 1 aromatic carbocycles. The van der Waals surface area contributed by atoms with E-state index in [0.29, 0.717) is 12.0 Å². The topological polar surface area (TPSA) is 49.7 Å². The molecule has 78 valence electrons. The Kier molecular flexibility index (Phi) is 3.72. The van der Waals surface area contributed by atoms with Crippen LogP contribution in [-0.4, -0.2) is 16.2 Å². The zero-order valence-corrected chi connectivity index (χ0v) is 9.12. The van der Waals surface area contributed by atoms with Gasteiger partial charge in [0.05, 0.1) is 5.16 Å². The summed E-state index contributed by atoms with van der Waals surface area (Å²) >= 11 is 4.51. The maximum absolute atomic E-state index is 11.3. The SMILES string of the molecule is CC[C@@](N=C=S)(C(=O)O)c1ccccc1. The second-order valence-corrected chi connectivity index (χ2v) is 3.27. The zero-order valence-electron chi connectivity index (χ0n) is 8.30. The van der Waals surface area contributed by atoms with Gasteiger partial charge < -0.3 is 5.11 Å². The molecular weight excluding hydrogens is 210 g/mol. The van der Waals surface area contributed by atoms with E-state index >= 15 is 0 Å². The second-order valence-electron chi connectivity index (χ2n) is 3.09. The number of benzene rings is 1. The number of hydrogen-bond donors (Lipinski definition) is 1. The van der Waals surface area contributed by atoms with Crippen molar-refractivity contribution in [3.8, 4) is 0 Å². The molecule has 0 radical (unpaired) electrons. The Bertz CT molecular complexity index is 394. The van der Waals surface area contributed by atoms with Crippen LogP contribution in [0.3, 0.4) is 0 Å². The van der Waals surface area contributed by atoms with Gasteiger partial charge >= 0.3 is 5.97 Å². The summed E-state index contributed by atoms with van der Waals surface area (Å²) in [6, 6.07) is 8.84. The fraction of sp³-hybridized carbons (Fsp3) is 0.273. The van der Waals surface area contributed by atoms with Crippen molar-refractivity contribution in [1.82, 2.24) is 0 Å². The van der Waals surface area contributed by atoms with E-state index in [0.717, 1.165) is 0 Å². The number of carboxylic acid groups (broad SMARTS) is 1. The molecule has 0 bridgehead atoms. The van der Waals surface area contributed by atoms with Crippen molar-refractivity contribution < 1.29 is 9.90 Å². The summed E-state index contributed by atoms with van der Waals surface area (Å²) < 4.78 is 0. The molecule has 0 unspecified atom stereocenters. The molecule has 0 aliphatic rings. The average Bonchev–Trinajstić information content (AvgIpc) is 2.26. The molecule has 0 spiro atoms. The molecule has 0 heterocycles. The van der Waals surface area contributed by atoms with Gasteiger partial charge in [-0.25, -0.2) is 9.79 Å². The summed E-state index contributed by atoms with van der Waals surface area (Å²) in [5.41, 5.74) is -0.666. The normalized spacial score (nSPS) is 13.7. The number of rotatable bonds is 4. The van der Waals surface area contributed by atoms with E-state index in [9.17, 15) is 9.90 Å². The van der Waals surface area contributed by atoms with Gasteiger partial charge in [0.2, 0.25) is 0 Å². The number of hydrogen-bond acceptors (Lipinski definition) is 3. The van der Waals surface area contributed by atoms with Gasteiger partial charge in [-0.1, -0.05) is 37.3 Å². The van der Waals surface area contributed by atoms with Crippen LogP contribution in [0.15, 0.2) is 35.3 Å². The third-order valence-electron chi connectivity index (χ3n) is 2.35. The molecule has 1 rings (SSSR count). The number of thiocarbonyl (C=S) groups is 1. The van der Waals surface area contributed by atoms with Crippen molar-refractivity contribution in [3.63, 3.8) is 0 Å². The van der Waals surface area contributed by atoms with Gasteiger partial charge in [-0.2, -0.15) is 0 Å². The first-order chi connectivity index (χ1) is 7.17. The number of nitrogens with zero attached hydrogens (tertiary/aromatic N) is 1. The molecule has 0 saturated carbocycles. The maximum atomic E-state index is 11.3. The van der Waals surface area contributed by atoms with Crippen molar-refractivity contribution in [1.29, 1.82) is 0 Å². The Morgan fingerprint density at radius 1 is 1.53 bits per heavy atom. The summed E-state index contributed by atoms with van der Waals surface area (Å²) in [5.74, 6) is -1.01. The Morgan fingerprint density at radius 3 is 2.53 bits per heavy atom. The van der Waals surface area contributed by atoms with E-state index in [1.165, 1.54) is 0 Å². The number of carbonyl (C=O) groups is 1. The molecular formula is C11H11NO2S. The van der Waals surface area contributed by atoms with E-state index < -0.39 is 11.5 Å². The lowest BCUT2D eigenvalue weighted by molar-refractivity contribution is -0.143. The lowest BCUT2D eigenvalue weighted by Crippen LogP contribution is -2.32. The number of aliphatic carboxylic acids is 1. The number of aliphatic imine (C=N–C) groups is 1. The van der Waals surface area contributed by atoms with Gasteiger partial charge in [-0.05, 0) is 24.2 Å². The van der Waals surface area contributed by atoms with Crippen molar-refractivity contribution in [2.75, 3.05) is 0 Å². The van der Waals surface area contributed by atoms with Crippen molar-refractivity contribution >= 4 is 23.3 Å². The van der Waals surface area contributed by atoms with Gasteiger partial charge in [0, 0.05) is 0 Å². The summed E-state index contributed by atoms with van der Waals surface area (Å²) in [6.45, 7) is 1.76. The molecule has 0 saturated heterocycles. The predicted molar refractivity (Wildman–Crippen MR) is 61.1 cm³/mol. The molecule has 3 nitrogen and oxygen atoms in total. The molecule has 0 aliphatic heterocycles. The summed E-state index contributed by atoms with van der Waals surface area (Å²) in [6.07, 6.45) is 0.343. The highest BCUT2D eigenvalue weighted by molar-refractivity contribution is 7.78. The minimum Gasteiger partial charge on any atom is -0.479 e. The number of isothiocyanates is 1. The van der Waals surface area contributed by atoms with Crippen LogP contribution in [0.25, 0.3) is 0 Å². The third-order valence-corrected chi connectivity index (χ3v) is 2.44. The lowest BCUT2D eigenvalue weighted by atomic mass is 9.88. The fourth-order valence-electron chi connectivity index (χ4n) is 1.46. The highest BCUT2D eigenvalue weighted by Crippen LogP contribution is 2.29. The smallest absolute Gasteiger partial charge is 0.337 e. The van der Waals surface area contributed by atoms with Crippen LogP contribution < -0.4 is 0 Å². The highest BCUT2D eigenvalue weighted by Gasteiger charge is 2.38. The standard InChI is InChI=1S/C11H11NO2S/c1-2-11(10(13)14,12-8-15)9-6-4-3-5-7-9/h3-7H,2H2,1H3,(H,13,14)/t11-/m0/s1. The summed E-state index contributed by atoms with van der Waals surface area (Å²) in [5, 5.41) is 11.4. The van der Waals surface area contributed by atoms with E-state index in [1.54, 1.807) is 31.2 Å². The first-order valence-corrected chi connectivity index (χ1v) is 4.96. The quantitative estimate of drug-likeness (QED) is 0.627. The minimum atomic E-state index is -1.29. The van der Waals surface area contributed by atoms with Gasteiger partial charge in [-0.3, -0.25) is 0 Å². The third kappa shape index (κ3) is 2.12. The second kappa shape index (κ2) is 4.82. The van der Waals surface area contributed by atoms with Crippen molar-refractivity contribution in [3.05, 3.63) is 35.9 Å². The van der Waals surface area contributed by atoms with Crippen LogP contribution >= 0.6 is 12.2 Å². The Hall–Kier alpha value is -1.51. The Balaban J connectivity index is 3.34. The van der Waals surface area contributed by atoms with Crippen LogP contribution in [0, 0.1) is 0 Å².